The molecule has 122 valence electrons. The highest BCUT2D eigenvalue weighted by atomic mass is 16.1. The van der Waals surface area contributed by atoms with E-state index >= 15 is 0 Å². The van der Waals surface area contributed by atoms with Crippen LogP contribution in [0.5, 0.6) is 0 Å². The summed E-state index contributed by atoms with van der Waals surface area (Å²) in [4.78, 5) is 23.5. The van der Waals surface area contributed by atoms with Crippen LogP contribution in [0.15, 0.2) is 23.1 Å². The SMILES string of the molecule is Cc1nc(-c2ccc(NC(C)CCC3CC3)nc2)[nH]c(=O)c1C. The number of pyridine rings is 1. The van der Waals surface area contributed by atoms with Crippen LogP contribution in [0.4, 0.5) is 5.82 Å². The van der Waals surface area contributed by atoms with E-state index in [2.05, 4.69) is 27.2 Å². The van der Waals surface area contributed by atoms with Crippen molar-refractivity contribution in [3.8, 4) is 11.4 Å². The van der Waals surface area contributed by atoms with Crippen molar-refractivity contribution in [2.75, 3.05) is 5.32 Å². The maximum atomic E-state index is 11.9. The number of rotatable bonds is 6. The van der Waals surface area contributed by atoms with Crippen LogP contribution >= 0.6 is 0 Å². The van der Waals surface area contributed by atoms with E-state index in [-0.39, 0.29) is 5.56 Å². The van der Waals surface area contributed by atoms with Gasteiger partial charge in [-0.05, 0) is 51.7 Å². The van der Waals surface area contributed by atoms with Crippen molar-refractivity contribution in [3.05, 3.63) is 39.9 Å². The Balaban J connectivity index is 1.67. The van der Waals surface area contributed by atoms with Crippen LogP contribution in [-0.4, -0.2) is 21.0 Å². The lowest BCUT2D eigenvalue weighted by molar-refractivity contribution is 0.609. The monoisotopic (exact) mass is 312 g/mol. The van der Waals surface area contributed by atoms with Crippen LogP contribution in [-0.2, 0) is 0 Å². The minimum atomic E-state index is -0.0941. The molecule has 0 bridgehead atoms. The van der Waals surface area contributed by atoms with Crippen LogP contribution in [0.1, 0.15) is 43.9 Å². The molecule has 0 spiro atoms. The number of hydrogen-bond acceptors (Lipinski definition) is 4. The third-order valence-corrected chi connectivity index (χ3v) is 4.53. The lowest BCUT2D eigenvalue weighted by Crippen LogP contribution is -2.16. The van der Waals surface area contributed by atoms with Crippen molar-refractivity contribution in [1.29, 1.82) is 0 Å². The van der Waals surface area contributed by atoms with Gasteiger partial charge in [0.25, 0.3) is 5.56 Å². The predicted octanol–water partition coefficient (Wildman–Crippen LogP) is 3.44. The van der Waals surface area contributed by atoms with Gasteiger partial charge in [0.1, 0.15) is 11.6 Å². The lowest BCUT2D eigenvalue weighted by atomic mass is 10.1. The van der Waals surface area contributed by atoms with Gasteiger partial charge in [-0.3, -0.25) is 4.79 Å². The van der Waals surface area contributed by atoms with E-state index in [1.165, 1.54) is 25.7 Å². The molecular formula is C18H24N4O. The molecule has 2 aromatic rings. The minimum absolute atomic E-state index is 0.0941. The molecule has 2 aromatic heterocycles. The molecule has 5 nitrogen and oxygen atoms in total. The molecule has 2 heterocycles. The van der Waals surface area contributed by atoms with E-state index in [9.17, 15) is 4.79 Å². The molecular weight excluding hydrogens is 288 g/mol. The van der Waals surface area contributed by atoms with E-state index in [4.69, 9.17) is 0 Å². The Bertz CT molecular complexity index is 732. The summed E-state index contributed by atoms with van der Waals surface area (Å²) in [5, 5.41) is 3.43. The molecule has 1 aliphatic carbocycles. The number of H-pyrrole nitrogens is 1. The molecule has 0 aromatic carbocycles. The molecule has 1 unspecified atom stereocenters. The molecule has 2 N–H and O–H groups in total. The first-order chi connectivity index (χ1) is 11.0. The number of hydrogen-bond donors (Lipinski definition) is 2. The number of aromatic nitrogens is 3. The average molecular weight is 312 g/mol. The van der Waals surface area contributed by atoms with Crippen molar-refractivity contribution in [3.63, 3.8) is 0 Å². The van der Waals surface area contributed by atoms with Crippen molar-refractivity contribution >= 4 is 5.82 Å². The van der Waals surface area contributed by atoms with E-state index in [0.717, 1.165) is 23.0 Å². The van der Waals surface area contributed by atoms with Crippen LogP contribution in [0.3, 0.4) is 0 Å². The molecule has 1 atom stereocenters. The fourth-order valence-electron chi connectivity index (χ4n) is 2.62. The summed E-state index contributed by atoms with van der Waals surface area (Å²) < 4.78 is 0. The number of nitrogens with one attached hydrogen (secondary N) is 2. The minimum Gasteiger partial charge on any atom is -0.368 e. The molecule has 1 saturated carbocycles. The standard InChI is InChI=1S/C18H24N4O/c1-11(4-5-14-6-7-14)20-16-9-8-15(10-19-16)17-21-13(3)12(2)18(23)22-17/h8-11,14H,4-7H2,1-3H3,(H,19,20)(H,21,22,23). The highest BCUT2D eigenvalue weighted by Gasteiger charge is 2.21. The molecule has 1 fully saturated rings. The van der Waals surface area contributed by atoms with Gasteiger partial charge in [-0.25, -0.2) is 9.97 Å². The Morgan fingerprint density at radius 2 is 2.13 bits per heavy atom. The second-order valence-corrected chi connectivity index (χ2v) is 6.62. The van der Waals surface area contributed by atoms with Gasteiger partial charge in [0.15, 0.2) is 0 Å². The normalized spacial score (nSPS) is 15.4. The van der Waals surface area contributed by atoms with Crippen molar-refractivity contribution < 1.29 is 0 Å². The van der Waals surface area contributed by atoms with E-state index in [1.54, 1.807) is 13.1 Å². The largest absolute Gasteiger partial charge is 0.368 e. The summed E-state index contributed by atoms with van der Waals surface area (Å²) >= 11 is 0. The van der Waals surface area contributed by atoms with Gasteiger partial charge in [-0.2, -0.15) is 0 Å². The van der Waals surface area contributed by atoms with Gasteiger partial charge in [-0.1, -0.05) is 12.8 Å². The van der Waals surface area contributed by atoms with E-state index < -0.39 is 0 Å². The van der Waals surface area contributed by atoms with Gasteiger partial charge in [0.05, 0.1) is 0 Å². The average Bonchev–Trinajstić information content (AvgIpc) is 3.35. The summed E-state index contributed by atoms with van der Waals surface area (Å²) in [7, 11) is 0. The molecule has 1 aliphatic rings. The third-order valence-electron chi connectivity index (χ3n) is 4.53. The smallest absolute Gasteiger partial charge is 0.254 e. The molecule has 0 saturated heterocycles. The van der Waals surface area contributed by atoms with Crippen molar-refractivity contribution in [2.24, 2.45) is 5.92 Å². The Morgan fingerprint density at radius 3 is 2.74 bits per heavy atom. The number of nitrogens with zero attached hydrogens (tertiary/aromatic N) is 2. The fourth-order valence-corrected chi connectivity index (χ4v) is 2.62. The second kappa shape index (κ2) is 6.52. The highest BCUT2D eigenvalue weighted by molar-refractivity contribution is 5.56. The Labute approximate surface area is 136 Å². The number of aromatic amines is 1. The van der Waals surface area contributed by atoms with Crippen LogP contribution in [0, 0.1) is 19.8 Å². The molecule has 0 aliphatic heterocycles. The van der Waals surface area contributed by atoms with Crippen LogP contribution < -0.4 is 10.9 Å². The van der Waals surface area contributed by atoms with Gasteiger partial charge in [-0.15, -0.1) is 0 Å². The van der Waals surface area contributed by atoms with Crippen molar-refractivity contribution in [1.82, 2.24) is 15.0 Å². The molecule has 0 radical (unpaired) electrons. The van der Waals surface area contributed by atoms with Gasteiger partial charge >= 0.3 is 0 Å². The highest BCUT2D eigenvalue weighted by Crippen LogP contribution is 2.34. The zero-order valence-corrected chi connectivity index (χ0v) is 14.0. The summed E-state index contributed by atoms with van der Waals surface area (Å²) in [5.41, 5.74) is 2.13. The number of aryl methyl sites for hydroxylation is 1. The van der Waals surface area contributed by atoms with Gasteiger partial charge in [0, 0.05) is 29.1 Å². The third kappa shape index (κ3) is 3.97. The summed E-state index contributed by atoms with van der Waals surface area (Å²) in [6.45, 7) is 5.82. The maximum absolute atomic E-state index is 11.9. The first-order valence-corrected chi connectivity index (χ1v) is 8.33. The van der Waals surface area contributed by atoms with Crippen molar-refractivity contribution in [2.45, 2.75) is 52.5 Å². The Kier molecular flexibility index (Phi) is 4.46. The lowest BCUT2D eigenvalue weighted by Gasteiger charge is -2.14. The van der Waals surface area contributed by atoms with E-state index in [0.29, 0.717) is 17.4 Å². The second-order valence-electron chi connectivity index (χ2n) is 6.62. The Hall–Kier alpha value is -2.17. The Morgan fingerprint density at radius 1 is 1.35 bits per heavy atom. The predicted molar refractivity (Wildman–Crippen MR) is 92.6 cm³/mol. The molecule has 5 heteroatoms. The number of anilines is 1. The van der Waals surface area contributed by atoms with Gasteiger partial charge in [0.2, 0.25) is 0 Å². The van der Waals surface area contributed by atoms with Crippen LogP contribution in [0.2, 0.25) is 0 Å². The molecule has 23 heavy (non-hydrogen) atoms. The van der Waals surface area contributed by atoms with E-state index in [1.807, 2.05) is 19.1 Å². The summed E-state index contributed by atoms with van der Waals surface area (Å²) in [5.74, 6) is 2.39. The topological polar surface area (TPSA) is 70.7 Å². The zero-order chi connectivity index (χ0) is 16.4. The molecule has 0 amide bonds. The summed E-state index contributed by atoms with van der Waals surface area (Å²) in [6, 6.07) is 4.31. The molecule has 3 rings (SSSR count). The maximum Gasteiger partial charge on any atom is 0.254 e. The summed E-state index contributed by atoms with van der Waals surface area (Å²) in [6.07, 6.45) is 7.05. The van der Waals surface area contributed by atoms with Crippen LogP contribution in [0.25, 0.3) is 11.4 Å². The fraction of sp³-hybridized carbons (Fsp3) is 0.500. The zero-order valence-electron chi connectivity index (χ0n) is 14.0. The van der Waals surface area contributed by atoms with Gasteiger partial charge < -0.3 is 10.3 Å². The quantitative estimate of drug-likeness (QED) is 0.857. The first kappa shape index (κ1) is 15.7. The first-order valence-electron chi connectivity index (χ1n) is 8.33.